The van der Waals surface area contributed by atoms with Crippen molar-refractivity contribution >= 4 is 11.8 Å². The summed E-state index contributed by atoms with van der Waals surface area (Å²) in [5.41, 5.74) is 0.653. The van der Waals surface area contributed by atoms with Gasteiger partial charge < -0.3 is 19.9 Å². The van der Waals surface area contributed by atoms with E-state index in [1.54, 1.807) is 32.4 Å². The highest BCUT2D eigenvalue weighted by Crippen LogP contribution is 2.32. The highest BCUT2D eigenvalue weighted by Gasteiger charge is 2.16. The Kier molecular flexibility index (Phi) is 4.22. The largest absolute Gasteiger partial charge is 0.497 e. The number of hydrogen-bond acceptors (Lipinski definition) is 6. The van der Waals surface area contributed by atoms with Gasteiger partial charge in [-0.3, -0.25) is 0 Å². The lowest BCUT2D eigenvalue weighted by atomic mass is 10.1. The Morgan fingerprint density at radius 2 is 2.05 bits per heavy atom. The number of carboxylic acid groups (broad SMARTS) is 1. The van der Waals surface area contributed by atoms with Gasteiger partial charge in [0, 0.05) is 19.3 Å². The molecule has 0 aliphatic rings. The summed E-state index contributed by atoms with van der Waals surface area (Å²) in [6, 6.07) is 5.22. The average molecular weight is 289 g/mol. The molecule has 1 aromatic carbocycles. The number of aromatic nitrogens is 2. The molecular weight excluding hydrogens is 274 g/mol. The maximum Gasteiger partial charge on any atom is 0.341 e. The fourth-order valence-corrected chi connectivity index (χ4v) is 1.84. The molecule has 0 saturated heterocycles. The topological polar surface area (TPSA) is 93.6 Å². The molecule has 0 saturated carbocycles. The zero-order chi connectivity index (χ0) is 15.4. The van der Waals surface area contributed by atoms with Crippen LogP contribution >= 0.6 is 0 Å². The van der Waals surface area contributed by atoms with Crippen LogP contribution in [0.1, 0.15) is 10.4 Å². The highest BCUT2D eigenvalue weighted by molar-refractivity contribution is 5.93. The van der Waals surface area contributed by atoms with Crippen LogP contribution in [0.4, 0.5) is 5.82 Å². The Balaban J connectivity index is 2.54. The van der Waals surface area contributed by atoms with Crippen molar-refractivity contribution in [1.29, 1.82) is 0 Å². The number of nitrogens with one attached hydrogen (secondary N) is 1. The van der Waals surface area contributed by atoms with E-state index in [0.29, 0.717) is 22.9 Å². The Hall–Kier alpha value is -2.83. The zero-order valence-corrected chi connectivity index (χ0v) is 11.9. The number of carboxylic acids is 1. The Bertz CT molecular complexity index is 673. The summed E-state index contributed by atoms with van der Waals surface area (Å²) >= 11 is 0. The summed E-state index contributed by atoms with van der Waals surface area (Å²) in [4.78, 5) is 19.4. The van der Waals surface area contributed by atoms with Crippen LogP contribution in [-0.2, 0) is 0 Å². The second kappa shape index (κ2) is 6.08. The van der Waals surface area contributed by atoms with Crippen LogP contribution in [0.25, 0.3) is 11.4 Å². The van der Waals surface area contributed by atoms with Gasteiger partial charge in [-0.05, 0) is 12.1 Å². The van der Waals surface area contributed by atoms with E-state index in [9.17, 15) is 4.79 Å². The fraction of sp³-hybridized carbons (Fsp3) is 0.214. The van der Waals surface area contributed by atoms with Crippen molar-refractivity contribution in [1.82, 2.24) is 9.97 Å². The number of methoxy groups -OCH3 is 2. The van der Waals surface area contributed by atoms with Crippen molar-refractivity contribution in [3.63, 3.8) is 0 Å². The monoisotopic (exact) mass is 289 g/mol. The van der Waals surface area contributed by atoms with Crippen molar-refractivity contribution in [2.75, 3.05) is 26.6 Å². The van der Waals surface area contributed by atoms with E-state index in [-0.39, 0.29) is 11.4 Å². The van der Waals surface area contributed by atoms with Crippen LogP contribution in [0.5, 0.6) is 11.5 Å². The molecule has 0 fully saturated rings. The maximum absolute atomic E-state index is 11.1. The molecule has 0 aliphatic carbocycles. The minimum atomic E-state index is -1.09. The number of benzene rings is 1. The van der Waals surface area contributed by atoms with Crippen LogP contribution in [0.3, 0.4) is 0 Å². The van der Waals surface area contributed by atoms with E-state index >= 15 is 0 Å². The Labute approximate surface area is 121 Å². The number of carbonyl (C=O) groups is 1. The first-order chi connectivity index (χ1) is 10.1. The molecule has 0 aliphatic heterocycles. The molecule has 0 amide bonds. The first-order valence-corrected chi connectivity index (χ1v) is 6.11. The van der Waals surface area contributed by atoms with E-state index in [1.165, 1.54) is 13.3 Å². The molecule has 0 radical (unpaired) electrons. The first-order valence-electron chi connectivity index (χ1n) is 6.11. The standard InChI is InChI=1S/C14H15N3O4/c1-15-12-10(14(18)19)7-16-13(17-12)9-5-4-8(20-2)6-11(9)21-3/h4-7H,1-3H3,(H,18,19)(H,15,16,17). The van der Waals surface area contributed by atoms with Gasteiger partial charge in [0.2, 0.25) is 0 Å². The van der Waals surface area contributed by atoms with Crippen molar-refractivity contribution in [2.45, 2.75) is 0 Å². The predicted molar refractivity (Wildman–Crippen MR) is 77.1 cm³/mol. The molecule has 0 bridgehead atoms. The van der Waals surface area contributed by atoms with Crippen LogP contribution in [0, 0.1) is 0 Å². The van der Waals surface area contributed by atoms with Crippen LogP contribution in [0.2, 0.25) is 0 Å². The Morgan fingerprint density at radius 1 is 1.29 bits per heavy atom. The molecule has 7 nitrogen and oxygen atoms in total. The third kappa shape index (κ3) is 2.86. The number of nitrogens with zero attached hydrogens (tertiary/aromatic N) is 2. The summed E-state index contributed by atoms with van der Waals surface area (Å²) < 4.78 is 10.4. The van der Waals surface area contributed by atoms with Gasteiger partial charge in [-0.25, -0.2) is 14.8 Å². The number of rotatable bonds is 5. The normalized spacial score (nSPS) is 10.0. The van der Waals surface area contributed by atoms with Gasteiger partial charge >= 0.3 is 5.97 Å². The minimum Gasteiger partial charge on any atom is -0.497 e. The van der Waals surface area contributed by atoms with Crippen molar-refractivity contribution in [2.24, 2.45) is 0 Å². The molecule has 7 heteroatoms. The van der Waals surface area contributed by atoms with E-state index in [1.807, 2.05) is 0 Å². The molecule has 2 aromatic rings. The number of anilines is 1. The second-order valence-electron chi connectivity index (χ2n) is 4.08. The molecule has 110 valence electrons. The van der Waals surface area contributed by atoms with Gasteiger partial charge in [0.25, 0.3) is 0 Å². The lowest BCUT2D eigenvalue weighted by molar-refractivity contribution is 0.0697. The third-order valence-corrected chi connectivity index (χ3v) is 2.91. The lowest BCUT2D eigenvalue weighted by Crippen LogP contribution is -2.07. The van der Waals surface area contributed by atoms with Crippen molar-refractivity contribution in [3.05, 3.63) is 30.0 Å². The summed E-state index contributed by atoms with van der Waals surface area (Å²) in [6.07, 6.45) is 1.26. The number of aromatic carboxylic acids is 1. The van der Waals surface area contributed by atoms with Gasteiger partial charge in [-0.15, -0.1) is 0 Å². The van der Waals surface area contributed by atoms with Gasteiger partial charge in [-0.2, -0.15) is 0 Å². The molecule has 1 aromatic heterocycles. The summed E-state index contributed by atoms with van der Waals surface area (Å²) in [5, 5.41) is 11.8. The fourth-order valence-electron chi connectivity index (χ4n) is 1.84. The minimum absolute atomic E-state index is 0.00808. The van der Waals surface area contributed by atoms with Gasteiger partial charge in [0.1, 0.15) is 22.9 Å². The molecule has 0 spiro atoms. The summed E-state index contributed by atoms with van der Waals surface area (Å²) in [7, 11) is 4.69. The Morgan fingerprint density at radius 3 is 2.62 bits per heavy atom. The molecule has 21 heavy (non-hydrogen) atoms. The molecule has 2 rings (SSSR count). The van der Waals surface area contributed by atoms with Gasteiger partial charge in [0.05, 0.1) is 19.8 Å². The average Bonchev–Trinajstić information content (AvgIpc) is 2.53. The summed E-state index contributed by atoms with van der Waals surface area (Å²) in [5.74, 6) is 0.702. The predicted octanol–water partition coefficient (Wildman–Crippen LogP) is 1.90. The quantitative estimate of drug-likeness (QED) is 0.868. The van der Waals surface area contributed by atoms with Crippen LogP contribution < -0.4 is 14.8 Å². The van der Waals surface area contributed by atoms with Gasteiger partial charge in [0.15, 0.2) is 5.82 Å². The number of ether oxygens (including phenoxy) is 2. The van der Waals surface area contributed by atoms with Crippen molar-refractivity contribution < 1.29 is 19.4 Å². The SMILES string of the molecule is CNc1nc(-c2ccc(OC)cc2OC)ncc1C(=O)O. The lowest BCUT2D eigenvalue weighted by Gasteiger charge is -2.11. The molecule has 0 atom stereocenters. The third-order valence-electron chi connectivity index (χ3n) is 2.91. The summed E-state index contributed by atoms with van der Waals surface area (Å²) in [6.45, 7) is 0. The first kappa shape index (κ1) is 14.6. The van der Waals surface area contributed by atoms with Gasteiger partial charge in [-0.1, -0.05) is 0 Å². The molecule has 0 unspecified atom stereocenters. The second-order valence-corrected chi connectivity index (χ2v) is 4.08. The molecule has 1 heterocycles. The van der Waals surface area contributed by atoms with Crippen molar-refractivity contribution in [3.8, 4) is 22.9 Å². The molecule has 2 N–H and O–H groups in total. The van der Waals surface area contributed by atoms with Crippen LogP contribution in [0.15, 0.2) is 24.4 Å². The van der Waals surface area contributed by atoms with Crippen LogP contribution in [-0.4, -0.2) is 42.3 Å². The van der Waals surface area contributed by atoms with E-state index < -0.39 is 5.97 Å². The number of hydrogen-bond donors (Lipinski definition) is 2. The van der Waals surface area contributed by atoms with E-state index in [2.05, 4.69) is 15.3 Å². The van der Waals surface area contributed by atoms with E-state index in [0.717, 1.165) is 0 Å². The highest BCUT2D eigenvalue weighted by atomic mass is 16.5. The molecular formula is C14H15N3O4. The maximum atomic E-state index is 11.1. The smallest absolute Gasteiger partial charge is 0.341 e. The van der Waals surface area contributed by atoms with E-state index in [4.69, 9.17) is 14.6 Å². The zero-order valence-electron chi connectivity index (χ0n) is 11.9.